The van der Waals surface area contributed by atoms with E-state index in [0.717, 1.165) is 43.1 Å². The SMILES string of the molecule is CC1(C)C2CCCN(C(=O)Nc3cccc(Cn4ccnc4)c3)C1C2. The normalized spacial score (nSPS) is 24.3. The molecule has 2 aromatic rings. The number of aromatic nitrogens is 2. The lowest BCUT2D eigenvalue weighted by Gasteiger charge is -2.54. The lowest BCUT2D eigenvalue weighted by molar-refractivity contribution is -0.0226. The monoisotopic (exact) mass is 338 g/mol. The first-order chi connectivity index (χ1) is 12.0. The number of hydrogen-bond donors (Lipinski definition) is 1. The number of nitrogens with zero attached hydrogens (tertiary/aromatic N) is 3. The van der Waals surface area contributed by atoms with Crippen LogP contribution in [0.5, 0.6) is 0 Å². The molecule has 5 heteroatoms. The van der Waals surface area contributed by atoms with E-state index < -0.39 is 0 Å². The molecule has 3 fully saturated rings. The van der Waals surface area contributed by atoms with Crippen LogP contribution in [-0.4, -0.2) is 33.1 Å². The summed E-state index contributed by atoms with van der Waals surface area (Å²) in [6.07, 6.45) is 9.03. The molecule has 0 spiro atoms. The third kappa shape index (κ3) is 3.03. The van der Waals surface area contributed by atoms with Gasteiger partial charge in [0.1, 0.15) is 0 Å². The van der Waals surface area contributed by atoms with Gasteiger partial charge in [0.15, 0.2) is 0 Å². The van der Waals surface area contributed by atoms with Crippen LogP contribution in [0.1, 0.15) is 38.7 Å². The Morgan fingerprint density at radius 2 is 2.28 bits per heavy atom. The van der Waals surface area contributed by atoms with Crippen LogP contribution in [-0.2, 0) is 6.54 Å². The summed E-state index contributed by atoms with van der Waals surface area (Å²) in [4.78, 5) is 19.0. The molecule has 3 heterocycles. The molecular weight excluding hydrogens is 312 g/mol. The summed E-state index contributed by atoms with van der Waals surface area (Å²) < 4.78 is 2.02. The number of nitrogens with one attached hydrogen (secondary N) is 1. The molecule has 1 N–H and O–H groups in total. The fourth-order valence-electron chi connectivity index (χ4n) is 4.45. The van der Waals surface area contributed by atoms with Crippen molar-refractivity contribution in [1.82, 2.24) is 14.5 Å². The molecule has 2 bridgehead atoms. The quantitative estimate of drug-likeness (QED) is 0.920. The number of carbonyl (C=O) groups excluding carboxylic acids is 1. The fraction of sp³-hybridized carbons (Fsp3) is 0.500. The van der Waals surface area contributed by atoms with E-state index in [-0.39, 0.29) is 11.4 Å². The Balaban J connectivity index is 1.45. The van der Waals surface area contributed by atoms with Gasteiger partial charge in [0.2, 0.25) is 0 Å². The number of urea groups is 1. The number of benzene rings is 1. The molecular formula is C20H26N4O. The topological polar surface area (TPSA) is 50.2 Å². The average molecular weight is 338 g/mol. The van der Waals surface area contributed by atoms with Crippen LogP contribution in [0, 0.1) is 11.3 Å². The Kier molecular flexibility index (Phi) is 4.02. The molecule has 2 aliphatic heterocycles. The zero-order chi connectivity index (χ0) is 17.4. The van der Waals surface area contributed by atoms with Crippen LogP contribution in [0.3, 0.4) is 0 Å². The second kappa shape index (κ2) is 6.21. The first-order valence-corrected chi connectivity index (χ1v) is 9.16. The van der Waals surface area contributed by atoms with E-state index in [1.165, 1.54) is 6.42 Å². The van der Waals surface area contributed by atoms with E-state index in [1.54, 1.807) is 12.5 Å². The van der Waals surface area contributed by atoms with Crippen molar-refractivity contribution in [3.05, 3.63) is 48.5 Å². The van der Waals surface area contributed by atoms with E-state index >= 15 is 0 Å². The van der Waals surface area contributed by atoms with Gasteiger partial charge >= 0.3 is 6.03 Å². The molecule has 1 aromatic carbocycles. The Labute approximate surface area is 149 Å². The third-order valence-corrected chi connectivity index (χ3v) is 6.11. The minimum atomic E-state index is 0.0400. The van der Waals surface area contributed by atoms with E-state index in [9.17, 15) is 4.79 Å². The molecule has 5 rings (SSSR count). The van der Waals surface area contributed by atoms with Gasteiger partial charge in [0, 0.05) is 37.2 Å². The van der Waals surface area contributed by atoms with E-state index in [0.29, 0.717) is 6.04 Å². The standard InChI is InChI=1S/C20H26N4O/c1-20(2)16-6-4-9-24(18(20)12-16)19(25)22-17-7-3-5-15(11-17)13-23-10-8-21-14-23/h3,5,7-8,10-11,14,16,18H,4,6,9,12-13H2,1-2H3,(H,22,25). The second-order valence-electron chi connectivity index (χ2n) is 7.97. The summed E-state index contributed by atoms with van der Waals surface area (Å²) in [5, 5.41) is 3.11. The molecule has 5 nitrogen and oxygen atoms in total. The Morgan fingerprint density at radius 1 is 1.40 bits per heavy atom. The average Bonchev–Trinajstić information content (AvgIpc) is 2.91. The summed E-state index contributed by atoms with van der Waals surface area (Å²) in [5.41, 5.74) is 2.26. The zero-order valence-corrected chi connectivity index (χ0v) is 15.0. The van der Waals surface area contributed by atoms with Gasteiger partial charge in [-0.3, -0.25) is 0 Å². The summed E-state index contributed by atoms with van der Waals surface area (Å²) in [5.74, 6) is 0.772. The Hall–Kier alpha value is -2.30. The first kappa shape index (κ1) is 16.2. The number of imidazole rings is 1. The molecule has 3 aliphatic rings. The summed E-state index contributed by atoms with van der Waals surface area (Å²) in [7, 11) is 0. The largest absolute Gasteiger partial charge is 0.333 e. The molecule has 1 aliphatic carbocycles. The van der Waals surface area contributed by atoms with Crippen molar-refractivity contribution in [2.45, 2.75) is 45.7 Å². The lowest BCUT2D eigenvalue weighted by Crippen LogP contribution is -2.58. The van der Waals surface area contributed by atoms with Gasteiger partial charge in [-0.1, -0.05) is 26.0 Å². The van der Waals surface area contributed by atoms with Gasteiger partial charge in [-0.25, -0.2) is 9.78 Å². The van der Waals surface area contributed by atoms with Crippen LogP contribution >= 0.6 is 0 Å². The van der Waals surface area contributed by atoms with Gasteiger partial charge in [-0.15, -0.1) is 0 Å². The number of rotatable bonds is 3. The fourth-order valence-corrected chi connectivity index (χ4v) is 4.45. The summed E-state index contributed by atoms with van der Waals surface area (Å²) in [6, 6.07) is 8.48. The highest BCUT2D eigenvalue weighted by Crippen LogP contribution is 2.53. The van der Waals surface area contributed by atoms with Crippen LogP contribution < -0.4 is 5.32 Å². The molecule has 1 saturated carbocycles. The Bertz CT molecular complexity index is 753. The van der Waals surface area contributed by atoms with Crippen LogP contribution in [0.4, 0.5) is 10.5 Å². The molecule has 132 valence electrons. The molecule has 2 atom stereocenters. The predicted molar refractivity (Wildman–Crippen MR) is 98.4 cm³/mol. The van der Waals surface area contributed by atoms with E-state index in [1.807, 2.05) is 29.0 Å². The minimum absolute atomic E-state index is 0.0400. The van der Waals surface area contributed by atoms with Crippen molar-refractivity contribution in [3.8, 4) is 0 Å². The third-order valence-electron chi connectivity index (χ3n) is 6.11. The highest BCUT2D eigenvalue weighted by molar-refractivity contribution is 5.89. The second-order valence-corrected chi connectivity index (χ2v) is 7.97. The van der Waals surface area contributed by atoms with Crippen molar-refractivity contribution in [2.75, 3.05) is 11.9 Å². The predicted octanol–water partition coefficient (Wildman–Crippen LogP) is 3.97. The van der Waals surface area contributed by atoms with Crippen molar-refractivity contribution in [1.29, 1.82) is 0 Å². The molecule has 2 saturated heterocycles. The molecule has 2 unspecified atom stereocenters. The highest BCUT2D eigenvalue weighted by atomic mass is 16.2. The highest BCUT2D eigenvalue weighted by Gasteiger charge is 2.52. The minimum Gasteiger partial charge on any atom is -0.333 e. The molecule has 25 heavy (non-hydrogen) atoms. The zero-order valence-electron chi connectivity index (χ0n) is 15.0. The maximum atomic E-state index is 12.9. The van der Waals surface area contributed by atoms with E-state index in [2.05, 4.69) is 35.1 Å². The number of hydrogen-bond acceptors (Lipinski definition) is 2. The molecule has 1 aromatic heterocycles. The van der Waals surface area contributed by atoms with E-state index in [4.69, 9.17) is 0 Å². The lowest BCUT2D eigenvalue weighted by atomic mass is 9.57. The number of fused-ring (bicyclic) bond motifs is 3. The van der Waals surface area contributed by atoms with Crippen LogP contribution in [0.15, 0.2) is 43.0 Å². The molecule has 2 amide bonds. The van der Waals surface area contributed by atoms with Gasteiger partial charge < -0.3 is 14.8 Å². The number of amides is 2. The first-order valence-electron chi connectivity index (χ1n) is 9.16. The maximum absolute atomic E-state index is 12.9. The number of carbonyl (C=O) groups is 1. The van der Waals surface area contributed by atoms with Gasteiger partial charge in [-0.05, 0) is 48.3 Å². The summed E-state index contributed by atoms with van der Waals surface area (Å²) >= 11 is 0. The Morgan fingerprint density at radius 3 is 3.04 bits per heavy atom. The van der Waals surface area contributed by atoms with Gasteiger partial charge in [0.05, 0.1) is 6.33 Å². The van der Waals surface area contributed by atoms with Gasteiger partial charge in [0.25, 0.3) is 0 Å². The van der Waals surface area contributed by atoms with Crippen molar-refractivity contribution < 1.29 is 4.79 Å². The van der Waals surface area contributed by atoms with Crippen LogP contribution in [0.25, 0.3) is 0 Å². The van der Waals surface area contributed by atoms with Crippen molar-refractivity contribution in [2.24, 2.45) is 11.3 Å². The maximum Gasteiger partial charge on any atom is 0.322 e. The number of anilines is 1. The van der Waals surface area contributed by atoms with Crippen molar-refractivity contribution >= 4 is 11.7 Å². The smallest absolute Gasteiger partial charge is 0.322 e. The van der Waals surface area contributed by atoms with Crippen LogP contribution in [0.2, 0.25) is 0 Å². The van der Waals surface area contributed by atoms with Crippen molar-refractivity contribution in [3.63, 3.8) is 0 Å². The van der Waals surface area contributed by atoms with Gasteiger partial charge in [-0.2, -0.15) is 0 Å². The summed E-state index contributed by atoms with van der Waals surface area (Å²) in [6.45, 7) is 6.24. The molecule has 0 radical (unpaired) electrons.